The Morgan fingerprint density at radius 1 is 1.00 bits per heavy atom. The molecule has 0 saturated heterocycles. The quantitative estimate of drug-likeness (QED) is 0.426. The van der Waals surface area contributed by atoms with Gasteiger partial charge in [0.1, 0.15) is 5.75 Å². The van der Waals surface area contributed by atoms with Crippen LogP contribution in [0.4, 0.5) is 11.4 Å². The average Bonchev–Trinajstić information content (AvgIpc) is 2.61. The molecule has 0 spiro atoms. The van der Waals surface area contributed by atoms with Crippen molar-refractivity contribution in [2.24, 2.45) is 10.2 Å². The van der Waals surface area contributed by atoms with Crippen molar-refractivity contribution in [3.63, 3.8) is 0 Å². The summed E-state index contributed by atoms with van der Waals surface area (Å²) in [7, 11) is 0. The van der Waals surface area contributed by atoms with Crippen LogP contribution in [0.5, 0.6) is 5.75 Å². The van der Waals surface area contributed by atoms with E-state index < -0.39 is 0 Å². The summed E-state index contributed by atoms with van der Waals surface area (Å²) < 4.78 is 5.71. The predicted molar refractivity (Wildman–Crippen MR) is 96.1 cm³/mol. The highest BCUT2D eigenvalue weighted by Crippen LogP contribution is 2.24. The molecule has 0 heterocycles. The fourth-order valence-corrected chi connectivity index (χ4v) is 2.28. The Bertz CT molecular complexity index is 715. The fraction of sp³-hybridized carbons (Fsp3) is 0.350. The molecule has 0 unspecified atom stereocenters. The summed E-state index contributed by atoms with van der Waals surface area (Å²) in [6.07, 6.45) is 4.80. The van der Waals surface area contributed by atoms with Gasteiger partial charge in [-0.3, -0.25) is 0 Å². The molecule has 4 nitrogen and oxygen atoms in total. The number of unbranched alkanes of at least 4 members (excludes halogenated alkanes) is 3. The van der Waals surface area contributed by atoms with Gasteiger partial charge in [-0.25, -0.2) is 0 Å². The number of ether oxygens (including phenoxy) is 1. The molecule has 0 aliphatic rings. The predicted octanol–water partition coefficient (Wildman–Crippen LogP) is 6.24. The van der Waals surface area contributed by atoms with Gasteiger partial charge in [0.2, 0.25) is 0 Å². The van der Waals surface area contributed by atoms with E-state index in [1.165, 1.54) is 19.3 Å². The molecule has 0 atom stereocenters. The van der Waals surface area contributed by atoms with Crippen molar-refractivity contribution < 1.29 is 4.74 Å². The van der Waals surface area contributed by atoms with Gasteiger partial charge in [0.05, 0.1) is 29.6 Å². The maximum atomic E-state index is 8.87. The molecular formula is C20H23N3O. The third-order valence-electron chi connectivity index (χ3n) is 3.70. The van der Waals surface area contributed by atoms with E-state index in [4.69, 9.17) is 10.00 Å². The van der Waals surface area contributed by atoms with Crippen LogP contribution in [0.1, 0.15) is 43.7 Å². The highest BCUT2D eigenvalue weighted by Gasteiger charge is 1.99. The Kier molecular flexibility index (Phi) is 6.97. The van der Waals surface area contributed by atoms with E-state index in [-0.39, 0.29) is 0 Å². The number of rotatable bonds is 8. The highest BCUT2D eigenvalue weighted by molar-refractivity contribution is 5.50. The lowest BCUT2D eigenvalue weighted by molar-refractivity contribution is 0.305. The SMILES string of the molecule is CCCCCCOc1ccc(N=Nc2ccc(C#N)cc2C)cc1. The number of azo groups is 1. The maximum Gasteiger partial charge on any atom is 0.119 e. The zero-order valence-electron chi connectivity index (χ0n) is 14.3. The molecule has 0 fully saturated rings. The van der Waals surface area contributed by atoms with Gasteiger partial charge in [-0.2, -0.15) is 15.5 Å². The molecule has 2 aromatic carbocycles. The molecule has 0 N–H and O–H groups in total. The number of nitrogens with zero attached hydrogens (tertiary/aromatic N) is 3. The second-order valence-corrected chi connectivity index (χ2v) is 5.72. The van der Waals surface area contributed by atoms with Crippen molar-refractivity contribution >= 4 is 11.4 Å². The number of benzene rings is 2. The van der Waals surface area contributed by atoms with Gasteiger partial charge in [0, 0.05) is 0 Å². The molecule has 0 saturated carbocycles. The first-order chi connectivity index (χ1) is 11.7. The van der Waals surface area contributed by atoms with Crippen LogP contribution >= 0.6 is 0 Å². The molecule has 0 aliphatic carbocycles. The summed E-state index contributed by atoms with van der Waals surface area (Å²) in [5.74, 6) is 0.861. The second kappa shape index (κ2) is 9.46. The largest absolute Gasteiger partial charge is 0.494 e. The van der Waals surface area contributed by atoms with E-state index in [2.05, 4.69) is 23.2 Å². The lowest BCUT2D eigenvalue weighted by atomic mass is 10.1. The summed E-state index contributed by atoms with van der Waals surface area (Å²) in [6.45, 7) is 4.88. The van der Waals surface area contributed by atoms with Gasteiger partial charge in [-0.05, 0) is 61.4 Å². The van der Waals surface area contributed by atoms with Crippen LogP contribution in [-0.4, -0.2) is 6.61 Å². The van der Waals surface area contributed by atoms with Gasteiger partial charge in [0.15, 0.2) is 0 Å². The van der Waals surface area contributed by atoms with Crippen molar-refractivity contribution in [3.05, 3.63) is 53.6 Å². The monoisotopic (exact) mass is 321 g/mol. The molecule has 0 bridgehead atoms. The van der Waals surface area contributed by atoms with E-state index in [1.54, 1.807) is 6.07 Å². The van der Waals surface area contributed by atoms with Crippen LogP contribution in [0.3, 0.4) is 0 Å². The lowest BCUT2D eigenvalue weighted by Gasteiger charge is -2.05. The summed E-state index contributed by atoms with van der Waals surface area (Å²) >= 11 is 0. The Labute approximate surface area is 143 Å². The van der Waals surface area contributed by atoms with E-state index in [0.29, 0.717) is 5.56 Å². The summed E-state index contributed by atoms with van der Waals surface area (Å²) in [6, 6.07) is 15.1. The first-order valence-electron chi connectivity index (χ1n) is 8.38. The van der Waals surface area contributed by atoms with Gasteiger partial charge in [-0.15, -0.1) is 0 Å². The third-order valence-corrected chi connectivity index (χ3v) is 3.70. The van der Waals surface area contributed by atoms with Crippen LogP contribution < -0.4 is 4.74 Å². The minimum atomic E-state index is 0.631. The van der Waals surface area contributed by atoms with Gasteiger partial charge in [-0.1, -0.05) is 26.2 Å². The van der Waals surface area contributed by atoms with Crippen molar-refractivity contribution in [3.8, 4) is 11.8 Å². The number of aryl methyl sites for hydroxylation is 1. The van der Waals surface area contributed by atoms with Gasteiger partial charge >= 0.3 is 0 Å². The Morgan fingerprint density at radius 2 is 1.79 bits per heavy atom. The summed E-state index contributed by atoms with van der Waals surface area (Å²) in [4.78, 5) is 0. The summed E-state index contributed by atoms with van der Waals surface area (Å²) in [5, 5.41) is 17.4. The zero-order chi connectivity index (χ0) is 17.2. The lowest BCUT2D eigenvalue weighted by Crippen LogP contribution is -1.96. The van der Waals surface area contributed by atoms with Crippen LogP contribution in [-0.2, 0) is 0 Å². The Hall–Kier alpha value is -2.67. The Balaban J connectivity index is 1.90. The van der Waals surface area contributed by atoms with E-state index in [9.17, 15) is 0 Å². The maximum absolute atomic E-state index is 8.87. The molecule has 0 radical (unpaired) electrons. The van der Waals surface area contributed by atoms with Crippen molar-refractivity contribution in [2.45, 2.75) is 39.5 Å². The molecule has 2 aromatic rings. The third kappa shape index (κ3) is 5.51. The smallest absolute Gasteiger partial charge is 0.119 e. The molecule has 0 aliphatic heterocycles. The molecule has 124 valence electrons. The average molecular weight is 321 g/mol. The van der Waals surface area contributed by atoms with Crippen LogP contribution in [0.2, 0.25) is 0 Å². The molecule has 2 rings (SSSR count). The van der Waals surface area contributed by atoms with Gasteiger partial charge in [0.25, 0.3) is 0 Å². The molecule has 0 amide bonds. The topological polar surface area (TPSA) is 57.7 Å². The van der Waals surface area contributed by atoms with Crippen molar-refractivity contribution in [2.75, 3.05) is 6.61 Å². The normalized spacial score (nSPS) is 10.7. The molecule has 0 aromatic heterocycles. The Morgan fingerprint density at radius 3 is 2.46 bits per heavy atom. The minimum Gasteiger partial charge on any atom is -0.494 e. The standard InChI is InChI=1S/C20H23N3O/c1-3-4-5-6-13-24-19-10-8-18(9-11-19)22-23-20-12-7-17(15-21)14-16(20)2/h7-12,14H,3-6,13H2,1-2H3. The molecule has 4 heteroatoms. The van der Waals surface area contributed by atoms with Gasteiger partial charge < -0.3 is 4.74 Å². The fourth-order valence-electron chi connectivity index (χ4n) is 2.28. The van der Waals surface area contributed by atoms with Crippen LogP contribution in [0.15, 0.2) is 52.7 Å². The molecular weight excluding hydrogens is 298 g/mol. The number of nitriles is 1. The van der Waals surface area contributed by atoms with Crippen LogP contribution in [0, 0.1) is 18.3 Å². The first-order valence-corrected chi connectivity index (χ1v) is 8.38. The highest BCUT2D eigenvalue weighted by atomic mass is 16.5. The first kappa shape index (κ1) is 17.7. The molecule has 24 heavy (non-hydrogen) atoms. The minimum absolute atomic E-state index is 0.631. The second-order valence-electron chi connectivity index (χ2n) is 5.72. The van der Waals surface area contributed by atoms with E-state index in [1.807, 2.05) is 43.3 Å². The van der Waals surface area contributed by atoms with Crippen molar-refractivity contribution in [1.82, 2.24) is 0 Å². The van der Waals surface area contributed by atoms with Crippen molar-refractivity contribution in [1.29, 1.82) is 5.26 Å². The van der Waals surface area contributed by atoms with E-state index >= 15 is 0 Å². The van der Waals surface area contributed by atoms with Crippen LogP contribution in [0.25, 0.3) is 0 Å². The zero-order valence-corrected chi connectivity index (χ0v) is 14.3. The summed E-state index contributed by atoms with van der Waals surface area (Å²) in [5.41, 5.74) is 3.11. The number of hydrogen-bond donors (Lipinski definition) is 0. The number of hydrogen-bond acceptors (Lipinski definition) is 4. The van der Waals surface area contributed by atoms with E-state index in [0.717, 1.165) is 35.7 Å².